The second-order valence-electron chi connectivity index (χ2n) is 7.03. The molecule has 5 heteroatoms. The number of nitrogens with zero attached hydrogens (tertiary/aromatic N) is 2. The SMILES string of the molecule is COc1ccccc1-c1cccnc1CNCCCCNCc1ncccc1C. The van der Waals surface area contributed by atoms with E-state index in [1.165, 1.54) is 5.56 Å². The van der Waals surface area contributed by atoms with Crippen molar-refractivity contribution >= 4 is 0 Å². The molecule has 5 nitrogen and oxygen atoms in total. The summed E-state index contributed by atoms with van der Waals surface area (Å²) < 4.78 is 5.51. The van der Waals surface area contributed by atoms with Crippen LogP contribution in [-0.4, -0.2) is 30.2 Å². The summed E-state index contributed by atoms with van der Waals surface area (Å²) in [6.07, 6.45) is 5.94. The molecule has 0 radical (unpaired) electrons. The number of aromatic nitrogens is 2. The summed E-state index contributed by atoms with van der Waals surface area (Å²) in [4.78, 5) is 9.00. The molecule has 0 aliphatic rings. The van der Waals surface area contributed by atoms with Crippen LogP contribution in [-0.2, 0) is 13.1 Å². The standard InChI is InChI=1S/C24H30N4O/c1-19-9-7-15-27-22(19)17-25-13-5-6-14-26-18-23-20(11-8-16-28-23)21-10-3-4-12-24(21)29-2/h3-4,7-12,15-16,25-26H,5-6,13-14,17-18H2,1-2H3. The highest BCUT2D eigenvalue weighted by Gasteiger charge is 2.10. The molecular weight excluding hydrogens is 360 g/mol. The van der Waals surface area contributed by atoms with Gasteiger partial charge in [-0.15, -0.1) is 0 Å². The first kappa shape index (κ1) is 21.0. The van der Waals surface area contributed by atoms with Crippen molar-refractivity contribution in [3.63, 3.8) is 0 Å². The lowest BCUT2D eigenvalue weighted by atomic mass is 10.0. The van der Waals surface area contributed by atoms with E-state index in [1.54, 1.807) is 7.11 Å². The largest absolute Gasteiger partial charge is 0.496 e. The fourth-order valence-corrected chi connectivity index (χ4v) is 3.31. The molecule has 0 aliphatic carbocycles. The first-order valence-corrected chi connectivity index (χ1v) is 10.2. The predicted molar refractivity (Wildman–Crippen MR) is 118 cm³/mol. The zero-order valence-corrected chi connectivity index (χ0v) is 17.3. The van der Waals surface area contributed by atoms with Crippen molar-refractivity contribution in [1.29, 1.82) is 0 Å². The third-order valence-corrected chi connectivity index (χ3v) is 4.95. The number of benzene rings is 1. The molecule has 0 amide bonds. The fraction of sp³-hybridized carbons (Fsp3) is 0.333. The summed E-state index contributed by atoms with van der Waals surface area (Å²) in [5.74, 6) is 0.871. The van der Waals surface area contributed by atoms with Crippen LogP contribution in [0.15, 0.2) is 60.9 Å². The summed E-state index contributed by atoms with van der Waals surface area (Å²) >= 11 is 0. The molecule has 0 saturated heterocycles. The predicted octanol–water partition coefficient (Wildman–Crippen LogP) is 4.12. The van der Waals surface area contributed by atoms with Crippen molar-refractivity contribution in [3.8, 4) is 16.9 Å². The zero-order chi connectivity index (χ0) is 20.3. The van der Waals surface area contributed by atoms with Gasteiger partial charge < -0.3 is 15.4 Å². The third-order valence-electron chi connectivity index (χ3n) is 4.95. The van der Waals surface area contributed by atoms with Gasteiger partial charge in [0.25, 0.3) is 0 Å². The van der Waals surface area contributed by atoms with E-state index in [4.69, 9.17) is 4.74 Å². The van der Waals surface area contributed by atoms with Crippen molar-refractivity contribution in [2.75, 3.05) is 20.2 Å². The number of pyridine rings is 2. The number of para-hydroxylation sites is 1. The van der Waals surface area contributed by atoms with Crippen LogP contribution in [0.25, 0.3) is 11.1 Å². The van der Waals surface area contributed by atoms with Crippen LogP contribution in [0.5, 0.6) is 5.75 Å². The zero-order valence-electron chi connectivity index (χ0n) is 17.3. The van der Waals surface area contributed by atoms with Gasteiger partial charge in [-0.2, -0.15) is 0 Å². The normalized spacial score (nSPS) is 10.8. The second kappa shape index (κ2) is 11.3. The Morgan fingerprint density at radius 2 is 1.38 bits per heavy atom. The van der Waals surface area contributed by atoms with E-state index < -0.39 is 0 Å². The number of hydrogen-bond acceptors (Lipinski definition) is 5. The first-order valence-electron chi connectivity index (χ1n) is 10.2. The Kier molecular flexibility index (Phi) is 8.16. The van der Waals surface area contributed by atoms with E-state index in [2.05, 4.69) is 45.7 Å². The van der Waals surface area contributed by atoms with E-state index in [-0.39, 0.29) is 0 Å². The van der Waals surface area contributed by atoms with Crippen LogP contribution in [0, 0.1) is 6.92 Å². The summed E-state index contributed by atoms with van der Waals surface area (Å²) in [7, 11) is 1.70. The molecule has 0 spiro atoms. The van der Waals surface area contributed by atoms with E-state index in [1.807, 2.05) is 42.7 Å². The lowest BCUT2D eigenvalue weighted by molar-refractivity contribution is 0.416. The molecule has 1 aromatic carbocycles. The van der Waals surface area contributed by atoms with Crippen LogP contribution in [0.3, 0.4) is 0 Å². The summed E-state index contributed by atoms with van der Waals surface area (Å²) in [5, 5.41) is 7.00. The molecule has 152 valence electrons. The number of ether oxygens (including phenoxy) is 1. The van der Waals surface area contributed by atoms with E-state index in [9.17, 15) is 0 Å². The summed E-state index contributed by atoms with van der Waals surface area (Å²) in [6, 6.07) is 16.2. The Labute approximate surface area is 173 Å². The minimum Gasteiger partial charge on any atom is -0.496 e. The van der Waals surface area contributed by atoms with Crippen LogP contribution in [0.2, 0.25) is 0 Å². The highest BCUT2D eigenvalue weighted by Crippen LogP contribution is 2.31. The van der Waals surface area contributed by atoms with Gasteiger partial charge >= 0.3 is 0 Å². The third kappa shape index (κ3) is 6.11. The molecule has 0 saturated carbocycles. The molecule has 0 aliphatic heterocycles. The van der Waals surface area contributed by atoms with Gasteiger partial charge in [-0.05, 0) is 56.6 Å². The molecule has 0 fully saturated rings. The minimum atomic E-state index is 0.745. The number of aryl methyl sites for hydroxylation is 1. The van der Waals surface area contributed by atoms with Gasteiger partial charge in [0.15, 0.2) is 0 Å². The smallest absolute Gasteiger partial charge is 0.126 e. The number of unbranched alkanes of at least 4 members (excludes halogenated alkanes) is 1. The fourth-order valence-electron chi connectivity index (χ4n) is 3.31. The molecule has 2 N–H and O–H groups in total. The number of methoxy groups -OCH3 is 1. The molecule has 3 rings (SSSR count). The molecule has 0 bridgehead atoms. The maximum Gasteiger partial charge on any atom is 0.126 e. The van der Waals surface area contributed by atoms with E-state index in [0.717, 1.165) is 67.3 Å². The molecule has 2 heterocycles. The molecule has 0 atom stereocenters. The second-order valence-corrected chi connectivity index (χ2v) is 7.03. The van der Waals surface area contributed by atoms with Crippen molar-refractivity contribution in [2.45, 2.75) is 32.9 Å². The number of hydrogen-bond donors (Lipinski definition) is 2. The highest BCUT2D eigenvalue weighted by molar-refractivity contribution is 5.72. The van der Waals surface area contributed by atoms with Gasteiger partial charge in [0, 0.05) is 36.6 Å². The van der Waals surface area contributed by atoms with Crippen LogP contribution in [0.4, 0.5) is 0 Å². The lowest BCUT2D eigenvalue weighted by Gasteiger charge is -2.13. The molecule has 29 heavy (non-hydrogen) atoms. The summed E-state index contributed by atoms with van der Waals surface area (Å²) in [6.45, 7) is 5.63. The van der Waals surface area contributed by atoms with Crippen molar-refractivity contribution in [3.05, 3.63) is 77.9 Å². The lowest BCUT2D eigenvalue weighted by Crippen LogP contribution is -2.20. The Balaban J connectivity index is 1.41. The molecule has 3 aromatic rings. The van der Waals surface area contributed by atoms with Crippen molar-refractivity contribution in [1.82, 2.24) is 20.6 Å². The summed E-state index contributed by atoms with van der Waals surface area (Å²) in [5.41, 5.74) is 5.60. The van der Waals surface area contributed by atoms with E-state index >= 15 is 0 Å². The van der Waals surface area contributed by atoms with Crippen LogP contribution >= 0.6 is 0 Å². The van der Waals surface area contributed by atoms with Gasteiger partial charge in [0.1, 0.15) is 5.75 Å². The highest BCUT2D eigenvalue weighted by atomic mass is 16.5. The maximum atomic E-state index is 5.51. The van der Waals surface area contributed by atoms with Crippen molar-refractivity contribution < 1.29 is 4.74 Å². The van der Waals surface area contributed by atoms with Gasteiger partial charge in [-0.1, -0.05) is 30.3 Å². The Morgan fingerprint density at radius 1 is 0.759 bits per heavy atom. The topological polar surface area (TPSA) is 59.1 Å². The maximum absolute atomic E-state index is 5.51. The Morgan fingerprint density at radius 3 is 2.10 bits per heavy atom. The quantitative estimate of drug-likeness (QED) is 0.482. The molecule has 2 aromatic heterocycles. The minimum absolute atomic E-state index is 0.745. The van der Waals surface area contributed by atoms with Crippen molar-refractivity contribution in [2.24, 2.45) is 0 Å². The van der Waals surface area contributed by atoms with Gasteiger partial charge in [-0.25, -0.2) is 0 Å². The first-order chi connectivity index (χ1) is 14.3. The Hall–Kier alpha value is -2.76. The Bertz CT molecular complexity index is 897. The number of rotatable bonds is 11. The van der Waals surface area contributed by atoms with Crippen LogP contribution < -0.4 is 15.4 Å². The molecule has 0 unspecified atom stereocenters. The monoisotopic (exact) mass is 390 g/mol. The average Bonchev–Trinajstić information content (AvgIpc) is 2.77. The van der Waals surface area contributed by atoms with Gasteiger partial charge in [-0.3, -0.25) is 9.97 Å². The van der Waals surface area contributed by atoms with E-state index in [0.29, 0.717) is 0 Å². The van der Waals surface area contributed by atoms with Gasteiger partial charge in [0.2, 0.25) is 0 Å². The van der Waals surface area contributed by atoms with Gasteiger partial charge in [0.05, 0.1) is 18.5 Å². The average molecular weight is 391 g/mol. The number of nitrogens with one attached hydrogen (secondary N) is 2. The van der Waals surface area contributed by atoms with Crippen LogP contribution in [0.1, 0.15) is 29.8 Å². The molecular formula is C24H30N4O.